The molecule has 3 rings (SSSR count). The van der Waals surface area contributed by atoms with Gasteiger partial charge in [-0.3, -0.25) is 10.1 Å². The molecular weight excluding hydrogens is 312 g/mol. The first-order valence-corrected chi connectivity index (χ1v) is 7.93. The summed E-state index contributed by atoms with van der Waals surface area (Å²) in [6, 6.07) is 12.5. The van der Waals surface area contributed by atoms with E-state index in [9.17, 15) is 10.1 Å². The second kappa shape index (κ2) is 6.58. The van der Waals surface area contributed by atoms with Gasteiger partial charge in [0.15, 0.2) is 0 Å². The smallest absolute Gasteiger partial charge is 0.270 e. The molecule has 2 aromatic carbocycles. The van der Waals surface area contributed by atoms with Crippen LogP contribution in [0.25, 0.3) is 22.4 Å². The van der Waals surface area contributed by atoms with Crippen LogP contribution < -0.4 is 4.74 Å². The summed E-state index contributed by atoms with van der Waals surface area (Å²) < 4.78 is 6.22. The number of ether oxygens (including phenoxy) is 1. The second-order valence-electron chi connectivity index (χ2n) is 4.80. The number of rotatable bonds is 5. The lowest BCUT2D eigenvalue weighted by Crippen LogP contribution is -1.90. The molecular formula is C17H14N2O3S. The van der Waals surface area contributed by atoms with Crippen LogP contribution in [0.15, 0.2) is 42.5 Å². The van der Waals surface area contributed by atoms with E-state index in [4.69, 9.17) is 4.74 Å². The Kier molecular flexibility index (Phi) is 4.34. The number of nitrogens with zero attached hydrogens (tertiary/aromatic N) is 2. The van der Waals surface area contributed by atoms with Crippen molar-refractivity contribution in [3.8, 4) is 5.75 Å². The standard InChI is InChI=1S/C17H14N2O3S/c1-2-22-14-7-3-12(4-8-14)5-10-17-18-15-9-6-13(19(20)21)11-16(15)23-17/h3-11H,2H2,1H3/b10-5+. The third-order valence-corrected chi connectivity index (χ3v) is 4.19. The Labute approximate surface area is 137 Å². The molecule has 0 atom stereocenters. The van der Waals surface area contributed by atoms with Crippen LogP contribution in [0.5, 0.6) is 5.75 Å². The van der Waals surface area contributed by atoms with Crippen LogP contribution in [0.3, 0.4) is 0 Å². The third kappa shape index (κ3) is 3.54. The normalized spacial score (nSPS) is 11.2. The van der Waals surface area contributed by atoms with Gasteiger partial charge in [-0.05, 0) is 36.8 Å². The summed E-state index contributed by atoms with van der Waals surface area (Å²) in [5.74, 6) is 0.844. The highest BCUT2D eigenvalue weighted by molar-refractivity contribution is 7.19. The Morgan fingerprint density at radius 1 is 1.22 bits per heavy atom. The first-order valence-electron chi connectivity index (χ1n) is 7.11. The van der Waals surface area contributed by atoms with Crippen molar-refractivity contribution in [1.29, 1.82) is 0 Å². The molecule has 1 heterocycles. The average molecular weight is 326 g/mol. The summed E-state index contributed by atoms with van der Waals surface area (Å²) in [6.07, 6.45) is 3.87. The highest BCUT2D eigenvalue weighted by atomic mass is 32.1. The Morgan fingerprint density at radius 2 is 2.00 bits per heavy atom. The van der Waals surface area contributed by atoms with Crippen molar-refractivity contribution in [2.45, 2.75) is 6.92 Å². The number of benzene rings is 2. The molecule has 0 fully saturated rings. The summed E-state index contributed by atoms with van der Waals surface area (Å²) in [4.78, 5) is 14.9. The number of non-ortho nitro benzene ring substituents is 1. The maximum absolute atomic E-state index is 10.8. The number of aromatic nitrogens is 1. The highest BCUT2D eigenvalue weighted by Crippen LogP contribution is 2.27. The van der Waals surface area contributed by atoms with Crippen LogP contribution in [0.2, 0.25) is 0 Å². The Morgan fingerprint density at radius 3 is 2.70 bits per heavy atom. The quantitative estimate of drug-likeness (QED) is 0.500. The van der Waals surface area contributed by atoms with Gasteiger partial charge in [0.05, 0.1) is 21.7 Å². The Balaban J connectivity index is 1.81. The lowest BCUT2D eigenvalue weighted by atomic mass is 10.2. The lowest BCUT2D eigenvalue weighted by Gasteiger charge is -2.01. The third-order valence-electron chi connectivity index (χ3n) is 3.21. The van der Waals surface area contributed by atoms with E-state index in [1.54, 1.807) is 12.1 Å². The first kappa shape index (κ1) is 15.2. The molecule has 0 saturated carbocycles. The number of hydrogen-bond donors (Lipinski definition) is 0. The van der Waals surface area contributed by atoms with Gasteiger partial charge in [0.25, 0.3) is 5.69 Å². The topological polar surface area (TPSA) is 65.3 Å². The van der Waals surface area contributed by atoms with Gasteiger partial charge in [-0.15, -0.1) is 11.3 Å². The van der Waals surface area contributed by atoms with E-state index in [1.807, 2.05) is 43.3 Å². The van der Waals surface area contributed by atoms with Crippen LogP contribution in [-0.2, 0) is 0 Å². The van der Waals surface area contributed by atoms with Gasteiger partial charge in [-0.25, -0.2) is 4.98 Å². The minimum absolute atomic E-state index is 0.0863. The van der Waals surface area contributed by atoms with Gasteiger partial charge >= 0.3 is 0 Å². The molecule has 6 heteroatoms. The van der Waals surface area contributed by atoms with Crippen LogP contribution >= 0.6 is 11.3 Å². The zero-order valence-corrected chi connectivity index (χ0v) is 13.2. The number of thiazole rings is 1. The number of nitro benzene ring substituents is 1. The largest absolute Gasteiger partial charge is 0.494 e. The molecule has 116 valence electrons. The summed E-state index contributed by atoms with van der Waals surface area (Å²) in [5, 5.41) is 11.6. The van der Waals surface area contributed by atoms with Crippen LogP contribution in [0, 0.1) is 10.1 Å². The van der Waals surface area contributed by atoms with Gasteiger partial charge < -0.3 is 4.74 Å². The van der Waals surface area contributed by atoms with E-state index in [0.717, 1.165) is 26.5 Å². The van der Waals surface area contributed by atoms with Crippen LogP contribution in [-0.4, -0.2) is 16.5 Å². The summed E-state index contributed by atoms with van der Waals surface area (Å²) in [7, 11) is 0. The summed E-state index contributed by atoms with van der Waals surface area (Å²) in [6.45, 7) is 2.60. The minimum Gasteiger partial charge on any atom is -0.494 e. The molecule has 3 aromatic rings. The number of nitro groups is 1. The molecule has 23 heavy (non-hydrogen) atoms. The van der Waals surface area contributed by atoms with Crippen LogP contribution in [0.1, 0.15) is 17.5 Å². The zero-order valence-electron chi connectivity index (χ0n) is 12.4. The van der Waals surface area contributed by atoms with Crippen molar-refractivity contribution in [3.05, 3.63) is 63.1 Å². The van der Waals surface area contributed by atoms with Crippen molar-refractivity contribution in [2.24, 2.45) is 0 Å². The molecule has 0 N–H and O–H groups in total. The van der Waals surface area contributed by atoms with Gasteiger partial charge in [0.2, 0.25) is 0 Å². The van der Waals surface area contributed by atoms with E-state index in [0.29, 0.717) is 6.61 Å². The lowest BCUT2D eigenvalue weighted by molar-refractivity contribution is -0.384. The molecule has 5 nitrogen and oxygen atoms in total. The fourth-order valence-electron chi connectivity index (χ4n) is 2.13. The van der Waals surface area contributed by atoms with Crippen molar-refractivity contribution in [2.75, 3.05) is 6.61 Å². The van der Waals surface area contributed by atoms with Gasteiger partial charge in [-0.1, -0.05) is 18.2 Å². The zero-order chi connectivity index (χ0) is 16.2. The van der Waals surface area contributed by atoms with Crippen molar-refractivity contribution in [1.82, 2.24) is 4.98 Å². The van der Waals surface area contributed by atoms with E-state index >= 15 is 0 Å². The molecule has 0 saturated heterocycles. The summed E-state index contributed by atoms with van der Waals surface area (Å²) >= 11 is 1.43. The number of fused-ring (bicyclic) bond motifs is 1. The van der Waals surface area contributed by atoms with E-state index in [2.05, 4.69) is 4.98 Å². The van der Waals surface area contributed by atoms with Crippen molar-refractivity contribution in [3.63, 3.8) is 0 Å². The van der Waals surface area contributed by atoms with Gasteiger partial charge in [0.1, 0.15) is 10.8 Å². The fourth-order valence-corrected chi connectivity index (χ4v) is 3.03. The first-order chi connectivity index (χ1) is 11.2. The molecule has 0 aliphatic rings. The maximum atomic E-state index is 10.8. The van der Waals surface area contributed by atoms with E-state index < -0.39 is 4.92 Å². The maximum Gasteiger partial charge on any atom is 0.270 e. The molecule has 0 aliphatic heterocycles. The Bertz CT molecular complexity index is 869. The van der Waals surface area contributed by atoms with Crippen molar-refractivity contribution < 1.29 is 9.66 Å². The molecule has 0 amide bonds. The summed E-state index contributed by atoms with van der Waals surface area (Å²) in [5.41, 5.74) is 1.90. The molecule has 0 radical (unpaired) electrons. The Hall–Kier alpha value is -2.73. The second-order valence-corrected chi connectivity index (χ2v) is 5.86. The molecule has 0 aliphatic carbocycles. The average Bonchev–Trinajstić information content (AvgIpc) is 2.96. The molecule has 0 bridgehead atoms. The molecule has 1 aromatic heterocycles. The monoisotopic (exact) mass is 326 g/mol. The van der Waals surface area contributed by atoms with Gasteiger partial charge in [-0.2, -0.15) is 0 Å². The van der Waals surface area contributed by atoms with E-state index in [1.165, 1.54) is 17.4 Å². The predicted molar refractivity (Wildman–Crippen MR) is 92.8 cm³/mol. The fraction of sp³-hybridized carbons (Fsp3) is 0.118. The minimum atomic E-state index is -0.394. The van der Waals surface area contributed by atoms with Gasteiger partial charge in [0, 0.05) is 12.1 Å². The molecule has 0 spiro atoms. The van der Waals surface area contributed by atoms with Crippen LogP contribution in [0.4, 0.5) is 5.69 Å². The van der Waals surface area contributed by atoms with Crippen molar-refractivity contribution >= 4 is 39.4 Å². The van der Waals surface area contributed by atoms with E-state index in [-0.39, 0.29) is 5.69 Å². The highest BCUT2D eigenvalue weighted by Gasteiger charge is 2.09. The SMILES string of the molecule is CCOc1ccc(/C=C/c2nc3ccc([N+](=O)[O-])cc3s2)cc1. The number of hydrogen-bond acceptors (Lipinski definition) is 5. The predicted octanol–water partition coefficient (Wildman–Crippen LogP) is 4.77. The molecule has 0 unspecified atom stereocenters.